The van der Waals surface area contributed by atoms with Crippen molar-refractivity contribution in [3.05, 3.63) is 52.4 Å². The number of rotatable bonds is 6. The minimum atomic E-state index is -3.39. The van der Waals surface area contributed by atoms with Crippen LogP contribution in [0.4, 0.5) is 0 Å². The number of piperazine rings is 1. The average molecular weight is 423 g/mol. The predicted molar refractivity (Wildman–Crippen MR) is 111 cm³/mol. The van der Waals surface area contributed by atoms with Crippen molar-refractivity contribution in [1.82, 2.24) is 9.21 Å². The topological polar surface area (TPSA) is 62.1 Å². The number of quaternary nitrogens is 1. The molecule has 1 aliphatic heterocycles. The molecule has 0 unspecified atom stereocenters. The van der Waals surface area contributed by atoms with Crippen molar-refractivity contribution < 1.29 is 18.1 Å². The molecule has 28 heavy (non-hydrogen) atoms. The van der Waals surface area contributed by atoms with Gasteiger partial charge in [-0.3, -0.25) is 4.79 Å². The summed E-state index contributed by atoms with van der Waals surface area (Å²) in [5.74, 6) is 0.0875. The number of thiophene rings is 1. The maximum Gasteiger partial charge on any atom is 0.277 e. The third-order valence-electron chi connectivity index (χ3n) is 5.25. The Hall–Kier alpha value is -1.74. The number of hydrogen-bond acceptors (Lipinski definition) is 4. The van der Waals surface area contributed by atoms with Gasteiger partial charge in [0.1, 0.15) is 4.21 Å². The summed E-state index contributed by atoms with van der Waals surface area (Å²) < 4.78 is 27.1. The minimum absolute atomic E-state index is 0.0875. The molecule has 1 N–H and O–H groups in total. The molecule has 3 rings (SSSR count). The van der Waals surface area contributed by atoms with E-state index in [1.807, 2.05) is 7.05 Å². The molecule has 1 aromatic carbocycles. The van der Waals surface area contributed by atoms with Crippen LogP contribution in [-0.2, 0) is 21.4 Å². The first-order chi connectivity index (χ1) is 13.3. The van der Waals surface area contributed by atoms with Gasteiger partial charge in [0.2, 0.25) is 0 Å². The van der Waals surface area contributed by atoms with E-state index in [1.54, 1.807) is 22.4 Å². The third kappa shape index (κ3) is 4.81. The van der Waals surface area contributed by atoms with Crippen molar-refractivity contribution in [2.45, 2.75) is 24.6 Å². The molecule has 8 heteroatoms. The van der Waals surface area contributed by atoms with E-state index >= 15 is 0 Å². The van der Waals surface area contributed by atoms with Gasteiger partial charge in [0.25, 0.3) is 15.9 Å². The summed E-state index contributed by atoms with van der Waals surface area (Å²) in [5.41, 5.74) is 3.57. The van der Waals surface area contributed by atoms with Crippen molar-refractivity contribution in [1.29, 1.82) is 0 Å². The molecule has 1 fully saturated rings. The standard InChI is InChI=1S/C20H27N3O3S2/c1-16-6-7-18(17(2)13-16)14-21(3)19(24)15-22-8-10-23(11-9-22)28(25,26)20-5-4-12-27-20/h4-7,12-13H,8-11,14-15H2,1-3H3/p+1. The third-order valence-corrected chi connectivity index (χ3v) is 8.52. The van der Waals surface area contributed by atoms with Gasteiger partial charge in [0.05, 0.1) is 26.2 Å². The molecule has 1 aromatic heterocycles. The summed E-state index contributed by atoms with van der Waals surface area (Å²) in [7, 11) is -1.56. The van der Waals surface area contributed by atoms with Crippen molar-refractivity contribution in [3.63, 3.8) is 0 Å². The Morgan fingerprint density at radius 3 is 2.54 bits per heavy atom. The van der Waals surface area contributed by atoms with Crippen LogP contribution < -0.4 is 4.90 Å². The average Bonchev–Trinajstić information content (AvgIpc) is 3.20. The molecular formula is C20H28N3O3S2+. The molecule has 152 valence electrons. The molecule has 6 nitrogen and oxygen atoms in total. The summed E-state index contributed by atoms with van der Waals surface area (Å²) in [6, 6.07) is 9.68. The summed E-state index contributed by atoms with van der Waals surface area (Å²) in [6.07, 6.45) is 0. The van der Waals surface area contributed by atoms with Crippen LogP contribution in [0.5, 0.6) is 0 Å². The quantitative estimate of drug-likeness (QED) is 0.753. The summed E-state index contributed by atoms with van der Waals surface area (Å²) in [4.78, 5) is 15.5. The largest absolute Gasteiger partial charge is 0.337 e. The van der Waals surface area contributed by atoms with Crippen molar-refractivity contribution in [2.24, 2.45) is 0 Å². The first-order valence-corrected chi connectivity index (χ1v) is 11.8. The van der Waals surface area contributed by atoms with Crippen LogP contribution in [0.2, 0.25) is 0 Å². The summed E-state index contributed by atoms with van der Waals surface area (Å²) >= 11 is 1.24. The van der Waals surface area contributed by atoms with Gasteiger partial charge >= 0.3 is 0 Å². The number of aryl methyl sites for hydroxylation is 2. The summed E-state index contributed by atoms with van der Waals surface area (Å²) in [6.45, 7) is 7.31. The number of hydrogen-bond donors (Lipinski definition) is 1. The number of amides is 1. The molecule has 0 aliphatic carbocycles. The van der Waals surface area contributed by atoms with Gasteiger partial charge < -0.3 is 9.80 Å². The van der Waals surface area contributed by atoms with Crippen molar-refractivity contribution >= 4 is 27.3 Å². The van der Waals surface area contributed by atoms with Crippen LogP contribution in [0.15, 0.2) is 39.9 Å². The Morgan fingerprint density at radius 2 is 1.93 bits per heavy atom. The molecular weight excluding hydrogens is 394 g/mol. The highest BCUT2D eigenvalue weighted by atomic mass is 32.2. The van der Waals surface area contributed by atoms with Gasteiger partial charge in [-0.1, -0.05) is 29.8 Å². The lowest BCUT2D eigenvalue weighted by Crippen LogP contribution is -3.15. The molecule has 1 amide bonds. The molecule has 0 radical (unpaired) electrons. The Kier molecular flexibility index (Phi) is 6.54. The van der Waals surface area contributed by atoms with Crippen LogP contribution in [0.1, 0.15) is 16.7 Å². The highest BCUT2D eigenvalue weighted by Gasteiger charge is 2.32. The number of carbonyl (C=O) groups is 1. The fraction of sp³-hybridized carbons (Fsp3) is 0.450. The fourth-order valence-electron chi connectivity index (χ4n) is 3.47. The summed E-state index contributed by atoms with van der Waals surface area (Å²) in [5, 5.41) is 1.78. The molecule has 1 aliphatic rings. The maximum atomic E-state index is 12.6. The number of benzene rings is 1. The van der Waals surface area contributed by atoms with E-state index in [0.717, 1.165) is 10.5 Å². The van der Waals surface area contributed by atoms with Gasteiger partial charge in [0, 0.05) is 13.6 Å². The van der Waals surface area contributed by atoms with E-state index in [1.165, 1.54) is 26.8 Å². The normalized spacial score (nSPS) is 16.2. The molecule has 2 heterocycles. The van der Waals surface area contributed by atoms with E-state index in [4.69, 9.17) is 0 Å². The van der Waals surface area contributed by atoms with E-state index in [2.05, 4.69) is 32.0 Å². The fourth-order valence-corrected chi connectivity index (χ4v) is 6.06. The lowest BCUT2D eigenvalue weighted by Gasteiger charge is -2.31. The van der Waals surface area contributed by atoms with E-state index in [-0.39, 0.29) is 5.91 Å². The number of nitrogens with zero attached hydrogens (tertiary/aromatic N) is 2. The zero-order valence-corrected chi connectivity index (χ0v) is 18.3. The van der Waals surface area contributed by atoms with Crippen LogP contribution in [-0.4, -0.2) is 63.3 Å². The number of nitrogens with one attached hydrogen (secondary N) is 1. The zero-order chi connectivity index (χ0) is 20.3. The SMILES string of the molecule is Cc1ccc(CN(C)C(=O)C[NH+]2CCN(S(=O)(=O)c3cccs3)CC2)c(C)c1. The molecule has 0 saturated carbocycles. The van der Waals surface area contributed by atoms with Gasteiger partial charge in [-0.15, -0.1) is 11.3 Å². The van der Waals surface area contributed by atoms with Gasteiger partial charge in [-0.05, 0) is 36.4 Å². The second-order valence-electron chi connectivity index (χ2n) is 7.44. The Bertz CT molecular complexity index is 918. The molecule has 0 spiro atoms. The van der Waals surface area contributed by atoms with Crippen molar-refractivity contribution in [2.75, 3.05) is 39.8 Å². The van der Waals surface area contributed by atoms with Crippen LogP contribution >= 0.6 is 11.3 Å². The van der Waals surface area contributed by atoms with Gasteiger partial charge in [0.15, 0.2) is 6.54 Å². The van der Waals surface area contributed by atoms with E-state index in [0.29, 0.717) is 43.5 Å². The van der Waals surface area contributed by atoms with Crippen LogP contribution in [0.3, 0.4) is 0 Å². The zero-order valence-electron chi connectivity index (χ0n) is 16.6. The van der Waals surface area contributed by atoms with Gasteiger partial charge in [-0.25, -0.2) is 8.42 Å². The second kappa shape index (κ2) is 8.73. The molecule has 1 saturated heterocycles. The first-order valence-electron chi connectivity index (χ1n) is 9.44. The highest BCUT2D eigenvalue weighted by Crippen LogP contribution is 2.20. The smallest absolute Gasteiger partial charge is 0.277 e. The Morgan fingerprint density at radius 1 is 1.21 bits per heavy atom. The lowest BCUT2D eigenvalue weighted by atomic mass is 10.1. The van der Waals surface area contributed by atoms with Crippen LogP contribution in [0, 0.1) is 13.8 Å². The Labute approximate surface area is 171 Å². The molecule has 2 aromatic rings. The number of sulfonamides is 1. The highest BCUT2D eigenvalue weighted by molar-refractivity contribution is 7.91. The lowest BCUT2D eigenvalue weighted by molar-refractivity contribution is -0.896. The van der Waals surface area contributed by atoms with Crippen LogP contribution in [0.25, 0.3) is 0 Å². The van der Waals surface area contributed by atoms with E-state index in [9.17, 15) is 13.2 Å². The minimum Gasteiger partial charge on any atom is -0.337 e. The molecule has 0 atom stereocenters. The number of carbonyl (C=O) groups excluding carboxylic acids is 1. The first kappa shape index (κ1) is 21.0. The van der Waals surface area contributed by atoms with Gasteiger partial charge in [-0.2, -0.15) is 4.31 Å². The monoisotopic (exact) mass is 422 g/mol. The predicted octanol–water partition coefficient (Wildman–Crippen LogP) is 0.913. The Balaban J connectivity index is 1.52. The van der Waals surface area contributed by atoms with E-state index < -0.39 is 10.0 Å². The van der Waals surface area contributed by atoms with Crippen molar-refractivity contribution in [3.8, 4) is 0 Å². The number of likely N-dealkylation sites (N-methyl/N-ethyl adjacent to an activating group) is 1. The maximum absolute atomic E-state index is 12.6. The molecule has 0 bridgehead atoms. The second-order valence-corrected chi connectivity index (χ2v) is 10.6.